The molecule has 0 saturated carbocycles. The standard InChI is InChI=1S/C15H17FN4OS/c1-2-13-17-15(19-18-13)22-12-8-5-9-20(14(12)21)11-7-4-3-6-10(11)16/h3-4,6-7,12H,2,5,8-9H2,1H3,(H,17,18,19)/t12-/m1/s1. The van der Waals surface area contributed by atoms with Crippen molar-refractivity contribution >= 4 is 23.4 Å². The van der Waals surface area contributed by atoms with Gasteiger partial charge < -0.3 is 4.90 Å². The van der Waals surface area contributed by atoms with Crippen LogP contribution in [-0.2, 0) is 11.2 Å². The number of hydrogen-bond donors (Lipinski definition) is 1. The largest absolute Gasteiger partial charge is 0.309 e. The van der Waals surface area contributed by atoms with Crippen molar-refractivity contribution in [1.82, 2.24) is 15.2 Å². The van der Waals surface area contributed by atoms with Gasteiger partial charge in [-0.3, -0.25) is 9.89 Å². The second-order valence-corrected chi connectivity index (χ2v) is 6.28. The Hall–Kier alpha value is -1.89. The van der Waals surface area contributed by atoms with Crippen molar-refractivity contribution in [2.45, 2.75) is 36.6 Å². The molecular formula is C15H17FN4OS. The summed E-state index contributed by atoms with van der Waals surface area (Å²) < 4.78 is 13.9. The Labute approximate surface area is 132 Å². The second kappa shape index (κ2) is 6.48. The molecule has 0 spiro atoms. The predicted molar refractivity (Wildman–Crippen MR) is 83.4 cm³/mol. The Balaban J connectivity index is 1.76. The van der Waals surface area contributed by atoms with Gasteiger partial charge in [0, 0.05) is 13.0 Å². The maximum absolute atomic E-state index is 13.9. The van der Waals surface area contributed by atoms with E-state index in [1.807, 2.05) is 6.92 Å². The fraction of sp³-hybridized carbons (Fsp3) is 0.400. The molecule has 0 aliphatic carbocycles. The average Bonchev–Trinajstić information content (AvgIpc) is 2.98. The zero-order valence-corrected chi connectivity index (χ0v) is 13.1. The molecule has 1 saturated heterocycles. The number of carbonyl (C=O) groups is 1. The normalized spacial score (nSPS) is 18.7. The van der Waals surface area contributed by atoms with Crippen LogP contribution in [0.2, 0.25) is 0 Å². The van der Waals surface area contributed by atoms with E-state index in [4.69, 9.17) is 0 Å². The summed E-state index contributed by atoms with van der Waals surface area (Å²) in [4.78, 5) is 18.5. The number of hydrogen-bond acceptors (Lipinski definition) is 4. The van der Waals surface area contributed by atoms with Crippen molar-refractivity contribution in [3.05, 3.63) is 35.9 Å². The van der Waals surface area contributed by atoms with Crippen molar-refractivity contribution in [3.63, 3.8) is 0 Å². The van der Waals surface area contributed by atoms with Crippen LogP contribution >= 0.6 is 11.8 Å². The van der Waals surface area contributed by atoms with Crippen LogP contribution in [0.3, 0.4) is 0 Å². The van der Waals surface area contributed by atoms with Crippen LogP contribution in [0.5, 0.6) is 0 Å². The molecule has 1 amide bonds. The first-order valence-electron chi connectivity index (χ1n) is 7.33. The zero-order chi connectivity index (χ0) is 15.5. The number of piperidine rings is 1. The molecule has 2 aromatic rings. The maximum atomic E-state index is 13.9. The molecule has 2 heterocycles. The summed E-state index contributed by atoms with van der Waals surface area (Å²) in [6.07, 6.45) is 2.36. The summed E-state index contributed by atoms with van der Waals surface area (Å²) >= 11 is 1.35. The quantitative estimate of drug-likeness (QED) is 0.941. The van der Waals surface area contributed by atoms with Gasteiger partial charge in [-0.15, -0.1) is 5.10 Å². The van der Waals surface area contributed by atoms with E-state index >= 15 is 0 Å². The van der Waals surface area contributed by atoms with Gasteiger partial charge in [0.25, 0.3) is 0 Å². The first kappa shape index (κ1) is 15.0. The SMILES string of the molecule is CCc1nc(S[C@@H]2CCCN(c3ccccc3F)C2=O)n[nH]1. The van der Waals surface area contributed by atoms with Crippen LogP contribution in [0.15, 0.2) is 29.4 Å². The fourth-order valence-corrected chi connectivity index (χ4v) is 3.51. The number of para-hydroxylation sites is 1. The lowest BCUT2D eigenvalue weighted by atomic mass is 10.1. The third-order valence-corrected chi connectivity index (χ3v) is 4.74. The highest BCUT2D eigenvalue weighted by atomic mass is 32.2. The average molecular weight is 320 g/mol. The molecule has 0 unspecified atom stereocenters. The lowest BCUT2D eigenvalue weighted by molar-refractivity contribution is -0.119. The Morgan fingerprint density at radius 1 is 1.45 bits per heavy atom. The minimum Gasteiger partial charge on any atom is -0.309 e. The van der Waals surface area contributed by atoms with Crippen LogP contribution in [0, 0.1) is 5.82 Å². The first-order valence-corrected chi connectivity index (χ1v) is 8.21. The number of aromatic amines is 1. The number of rotatable bonds is 4. The number of amides is 1. The molecule has 1 aromatic carbocycles. The van der Waals surface area contributed by atoms with Gasteiger partial charge >= 0.3 is 0 Å². The third kappa shape index (κ3) is 2.99. The number of thioether (sulfide) groups is 1. The molecule has 5 nitrogen and oxygen atoms in total. The molecule has 1 aliphatic rings. The Kier molecular flexibility index (Phi) is 4.42. The molecule has 1 atom stereocenters. The van der Waals surface area contributed by atoms with Gasteiger partial charge in [0.2, 0.25) is 11.1 Å². The van der Waals surface area contributed by atoms with E-state index in [1.54, 1.807) is 18.2 Å². The van der Waals surface area contributed by atoms with E-state index in [1.165, 1.54) is 22.7 Å². The van der Waals surface area contributed by atoms with Crippen molar-refractivity contribution in [2.24, 2.45) is 0 Å². The molecule has 0 bridgehead atoms. The minimum absolute atomic E-state index is 0.0794. The highest BCUT2D eigenvalue weighted by Gasteiger charge is 2.32. The number of aryl methyl sites for hydroxylation is 1. The Morgan fingerprint density at radius 2 is 2.27 bits per heavy atom. The monoisotopic (exact) mass is 320 g/mol. The number of H-pyrrole nitrogens is 1. The third-order valence-electron chi connectivity index (χ3n) is 3.63. The fourth-order valence-electron chi connectivity index (χ4n) is 2.48. The second-order valence-electron chi connectivity index (χ2n) is 5.11. The summed E-state index contributed by atoms with van der Waals surface area (Å²) in [5.41, 5.74) is 0.349. The topological polar surface area (TPSA) is 61.9 Å². The summed E-state index contributed by atoms with van der Waals surface area (Å²) in [7, 11) is 0. The van der Waals surface area contributed by atoms with E-state index < -0.39 is 0 Å². The molecule has 1 N–H and O–H groups in total. The van der Waals surface area contributed by atoms with E-state index in [-0.39, 0.29) is 17.0 Å². The van der Waals surface area contributed by atoms with Crippen LogP contribution in [0.1, 0.15) is 25.6 Å². The number of nitrogens with one attached hydrogen (secondary N) is 1. The van der Waals surface area contributed by atoms with E-state index in [0.717, 1.165) is 25.1 Å². The Bertz CT molecular complexity index is 675. The van der Waals surface area contributed by atoms with E-state index in [0.29, 0.717) is 17.4 Å². The summed E-state index contributed by atoms with van der Waals surface area (Å²) in [6.45, 7) is 2.53. The summed E-state index contributed by atoms with van der Waals surface area (Å²) in [6, 6.07) is 6.38. The molecule has 1 aliphatic heterocycles. The van der Waals surface area contributed by atoms with Crippen molar-refractivity contribution in [3.8, 4) is 0 Å². The molecular weight excluding hydrogens is 303 g/mol. The summed E-state index contributed by atoms with van der Waals surface area (Å²) in [5, 5.41) is 7.26. The number of carbonyl (C=O) groups excluding carboxylic acids is 1. The number of anilines is 1. The molecule has 22 heavy (non-hydrogen) atoms. The van der Waals surface area contributed by atoms with Crippen molar-refractivity contribution < 1.29 is 9.18 Å². The van der Waals surface area contributed by atoms with Gasteiger partial charge in [-0.1, -0.05) is 30.8 Å². The van der Waals surface area contributed by atoms with Crippen LogP contribution in [-0.4, -0.2) is 32.9 Å². The van der Waals surface area contributed by atoms with E-state index in [9.17, 15) is 9.18 Å². The minimum atomic E-state index is -0.368. The smallest absolute Gasteiger partial charge is 0.240 e. The number of nitrogens with zero attached hydrogens (tertiary/aromatic N) is 3. The first-order chi connectivity index (χ1) is 10.7. The van der Waals surface area contributed by atoms with Gasteiger partial charge in [0.05, 0.1) is 10.9 Å². The molecule has 0 radical (unpaired) electrons. The van der Waals surface area contributed by atoms with Gasteiger partial charge in [-0.25, -0.2) is 9.37 Å². The van der Waals surface area contributed by atoms with Crippen LogP contribution in [0.4, 0.5) is 10.1 Å². The van der Waals surface area contributed by atoms with E-state index in [2.05, 4.69) is 15.2 Å². The highest BCUT2D eigenvalue weighted by Crippen LogP contribution is 2.31. The van der Waals surface area contributed by atoms with Crippen LogP contribution in [0.25, 0.3) is 0 Å². The highest BCUT2D eigenvalue weighted by molar-refractivity contribution is 8.00. The Morgan fingerprint density at radius 3 is 3.00 bits per heavy atom. The molecule has 1 fully saturated rings. The molecule has 1 aromatic heterocycles. The lowest BCUT2D eigenvalue weighted by Crippen LogP contribution is -2.43. The van der Waals surface area contributed by atoms with Crippen LogP contribution < -0.4 is 4.90 Å². The molecule has 7 heteroatoms. The summed E-state index contributed by atoms with van der Waals surface area (Å²) in [5.74, 6) is 0.355. The van der Waals surface area contributed by atoms with Crippen molar-refractivity contribution in [1.29, 1.82) is 0 Å². The van der Waals surface area contributed by atoms with Gasteiger partial charge in [0.1, 0.15) is 11.6 Å². The number of benzene rings is 1. The molecule has 3 rings (SSSR count). The zero-order valence-electron chi connectivity index (χ0n) is 12.3. The predicted octanol–water partition coefficient (Wildman–Crippen LogP) is 2.79. The van der Waals surface area contributed by atoms with Gasteiger partial charge in [-0.05, 0) is 25.0 Å². The molecule has 116 valence electrons. The van der Waals surface area contributed by atoms with Gasteiger partial charge in [0.15, 0.2) is 0 Å². The number of aromatic nitrogens is 3. The number of halogens is 1. The lowest BCUT2D eigenvalue weighted by Gasteiger charge is -2.31. The maximum Gasteiger partial charge on any atom is 0.240 e. The van der Waals surface area contributed by atoms with Gasteiger partial charge in [-0.2, -0.15) is 0 Å². The van der Waals surface area contributed by atoms with Crippen molar-refractivity contribution in [2.75, 3.05) is 11.4 Å².